The van der Waals surface area contributed by atoms with E-state index in [-0.39, 0.29) is 11.6 Å². The number of pyridine rings is 1. The minimum absolute atomic E-state index is 0.266. The molecule has 2 aromatic rings. The van der Waals surface area contributed by atoms with E-state index in [1.54, 1.807) is 24.3 Å². The molecule has 0 aliphatic rings. The Morgan fingerprint density at radius 1 is 1.28 bits per heavy atom. The minimum atomic E-state index is -0.317. The Balaban J connectivity index is 2.24. The van der Waals surface area contributed by atoms with E-state index < -0.39 is 0 Å². The van der Waals surface area contributed by atoms with E-state index in [1.165, 1.54) is 12.3 Å². The van der Waals surface area contributed by atoms with Crippen LogP contribution in [0.4, 0.5) is 5.69 Å². The molecule has 1 N–H and O–H groups in total. The van der Waals surface area contributed by atoms with Crippen molar-refractivity contribution in [2.24, 2.45) is 0 Å². The second kappa shape index (κ2) is 5.38. The number of carbonyl (C=O) groups is 1. The molecule has 0 spiro atoms. The second-order valence-corrected chi connectivity index (χ2v) is 4.57. The number of nitrogens with one attached hydrogen (secondary N) is 1. The van der Waals surface area contributed by atoms with Crippen molar-refractivity contribution in [1.82, 2.24) is 4.98 Å². The van der Waals surface area contributed by atoms with Crippen molar-refractivity contribution in [3.05, 3.63) is 57.8 Å². The molecule has 0 unspecified atom stereocenters. The van der Waals surface area contributed by atoms with Gasteiger partial charge >= 0.3 is 0 Å². The van der Waals surface area contributed by atoms with Crippen LogP contribution in [0.25, 0.3) is 0 Å². The van der Waals surface area contributed by atoms with Gasteiger partial charge in [-0.1, -0.05) is 29.3 Å². The van der Waals surface area contributed by atoms with Gasteiger partial charge in [0.25, 0.3) is 5.91 Å². The quantitative estimate of drug-likeness (QED) is 0.905. The molecule has 0 bridgehead atoms. The number of hydrogen-bond acceptors (Lipinski definition) is 2. The molecule has 1 aromatic heterocycles. The first-order valence-electron chi connectivity index (χ1n) is 5.26. The maximum absolute atomic E-state index is 12.0. The molecular formula is C13H10Cl2N2O. The number of nitrogens with zero attached hydrogens (tertiary/aromatic N) is 1. The number of rotatable bonds is 2. The van der Waals surface area contributed by atoms with Crippen molar-refractivity contribution in [2.75, 3.05) is 5.32 Å². The zero-order valence-corrected chi connectivity index (χ0v) is 11.1. The van der Waals surface area contributed by atoms with Crippen LogP contribution in [0.3, 0.4) is 0 Å². The topological polar surface area (TPSA) is 42.0 Å². The molecule has 0 aliphatic heterocycles. The van der Waals surface area contributed by atoms with Gasteiger partial charge in [-0.2, -0.15) is 0 Å². The van der Waals surface area contributed by atoms with E-state index >= 15 is 0 Å². The molecule has 0 saturated heterocycles. The summed E-state index contributed by atoms with van der Waals surface area (Å²) < 4.78 is 0. The molecule has 0 atom stereocenters. The van der Waals surface area contributed by atoms with E-state index in [9.17, 15) is 4.79 Å². The van der Waals surface area contributed by atoms with Gasteiger partial charge in [0, 0.05) is 21.9 Å². The summed E-state index contributed by atoms with van der Waals surface area (Å²) >= 11 is 11.8. The first kappa shape index (κ1) is 12.9. The lowest BCUT2D eigenvalue weighted by Crippen LogP contribution is -2.14. The highest BCUT2D eigenvalue weighted by atomic mass is 35.5. The smallest absolute Gasteiger partial charge is 0.274 e. The van der Waals surface area contributed by atoms with Gasteiger partial charge in [0.15, 0.2) is 0 Å². The number of amides is 1. The molecule has 5 heteroatoms. The molecule has 0 saturated carbocycles. The Kier molecular flexibility index (Phi) is 3.84. The van der Waals surface area contributed by atoms with Gasteiger partial charge in [0.1, 0.15) is 5.69 Å². The van der Waals surface area contributed by atoms with E-state index in [0.717, 1.165) is 5.56 Å². The normalized spacial score (nSPS) is 10.2. The van der Waals surface area contributed by atoms with Crippen molar-refractivity contribution in [3.8, 4) is 0 Å². The summed E-state index contributed by atoms with van der Waals surface area (Å²) in [6.07, 6.45) is 1.49. The highest BCUT2D eigenvalue weighted by Crippen LogP contribution is 2.23. The third-order valence-corrected chi connectivity index (χ3v) is 3.12. The maximum atomic E-state index is 12.0. The number of carbonyl (C=O) groups excluding carboxylic acids is 1. The van der Waals surface area contributed by atoms with Crippen LogP contribution >= 0.6 is 23.2 Å². The van der Waals surface area contributed by atoms with E-state index in [4.69, 9.17) is 23.2 Å². The van der Waals surface area contributed by atoms with E-state index in [2.05, 4.69) is 10.3 Å². The Bertz CT molecular complexity index is 599. The van der Waals surface area contributed by atoms with Crippen LogP contribution in [0.15, 0.2) is 36.5 Å². The lowest BCUT2D eigenvalue weighted by molar-refractivity contribution is 0.102. The summed E-state index contributed by atoms with van der Waals surface area (Å²) in [7, 11) is 0. The standard InChI is InChI=1S/C13H10Cl2N2O/c1-8-10(15)3-2-4-11(8)17-13(18)12-7-9(14)5-6-16-12/h2-7H,1H3,(H,17,18). The number of halogens is 2. The molecule has 1 heterocycles. The van der Waals surface area contributed by atoms with E-state index in [0.29, 0.717) is 15.7 Å². The summed E-state index contributed by atoms with van der Waals surface area (Å²) in [6, 6.07) is 8.45. The molecular weight excluding hydrogens is 271 g/mol. The first-order valence-corrected chi connectivity index (χ1v) is 6.01. The van der Waals surface area contributed by atoms with Crippen molar-refractivity contribution >= 4 is 34.8 Å². The molecule has 0 radical (unpaired) electrons. The molecule has 0 fully saturated rings. The van der Waals surface area contributed by atoms with Gasteiger partial charge in [-0.15, -0.1) is 0 Å². The van der Waals surface area contributed by atoms with Crippen LogP contribution in [-0.2, 0) is 0 Å². The number of hydrogen-bond donors (Lipinski definition) is 1. The average Bonchev–Trinajstić information content (AvgIpc) is 2.35. The highest BCUT2D eigenvalue weighted by Gasteiger charge is 2.10. The lowest BCUT2D eigenvalue weighted by atomic mass is 10.2. The Morgan fingerprint density at radius 2 is 2.06 bits per heavy atom. The molecule has 18 heavy (non-hydrogen) atoms. The van der Waals surface area contributed by atoms with Gasteiger partial charge in [-0.05, 0) is 36.8 Å². The molecule has 1 amide bonds. The lowest BCUT2D eigenvalue weighted by Gasteiger charge is -2.09. The van der Waals surface area contributed by atoms with Crippen molar-refractivity contribution in [1.29, 1.82) is 0 Å². The fourth-order valence-corrected chi connectivity index (χ4v) is 1.79. The van der Waals surface area contributed by atoms with Crippen molar-refractivity contribution in [3.63, 3.8) is 0 Å². The Morgan fingerprint density at radius 3 is 2.78 bits per heavy atom. The van der Waals surface area contributed by atoms with Gasteiger partial charge in [0.2, 0.25) is 0 Å². The predicted octanol–water partition coefficient (Wildman–Crippen LogP) is 3.95. The third kappa shape index (κ3) is 2.81. The molecule has 0 aliphatic carbocycles. The van der Waals surface area contributed by atoms with Crippen LogP contribution in [0.2, 0.25) is 10.0 Å². The molecule has 1 aromatic carbocycles. The first-order chi connectivity index (χ1) is 8.58. The fraction of sp³-hybridized carbons (Fsp3) is 0.0769. The van der Waals surface area contributed by atoms with E-state index in [1.807, 2.05) is 6.92 Å². The SMILES string of the molecule is Cc1c(Cl)cccc1NC(=O)c1cc(Cl)ccn1. The number of anilines is 1. The summed E-state index contributed by atoms with van der Waals surface area (Å²) in [4.78, 5) is 15.9. The van der Waals surface area contributed by atoms with Crippen molar-refractivity contribution in [2.45, 2.75) is 6.92 Å². The zero-order chi connectivity index (χ0) is 13.1. The van der Waals surface area contributed by atoms with Crippen LogP contribution in [0.1, 0.15) is 16.1 Å². The molecule has 92 valence electrons. The predicted molar refractivity (Wildman–Crippen MR) is 73.4 cm³/mol. The third-order valence-electron chi connectivity index (χ3n) is 2.47. The number of benzene rings is 1. The fourth-order valence-electron chi connectivity index (χ4n) is 1.46. The molecule has 3 nitrogen and oxygen atoms in total. The summed E-state index contributed by atoms with van der Waals surface area (Å²) in [5.74, 6) is -0.317. The van der Waals surface area contributed by atoms with Crippen molar-refractivity contribution < 1.29 is 4.79 Å². The van der Waals surface area contributed by atoms with Gasteiger partial charge in [-0.3, -0.25) is 9.78 Å². The van der Waals surface area contributed by atoms with Gasteiger partial charge in [0.05, 0.1) is 0 Å². The van der Waals surface area contributed by atoms with Crippen LogP contribution in [0.5, 0.6) is 0 Å². The zero-order valence-electron chi connectivity index (χ0n) is 9.58. The number of aromatic nitrogens is 1. The van der Waals surface area contributed by atoms with Gasteiger partial charge < -0.3 is 5.32 Å². The molecule has 2 rings (SSSR count). The average molecular weight is 281 g/mol. The minimum Gasteiger partial charge on any atom is -0.320 e. The largest absolute Gasteiger partial charge is 0.320 e. The monoisotopic (exact) mass is 280 g/mol. The van der Waals surface area contributed by atoms with Gasteiger partial charge in [-0.25, -0.2) is 0 Å². The summed E-state index contributed by atoms with van der Waals surface area (Å²) in [6.45, 7) is 1.84. The summed E-state index contributed by atoms with van der Waals surface area (Å²) in [5, 5.41) is 3.82. The second-order valence-electron chi connectivity index (χ2n) is 3.73. The highest BCUT2D eigenvalue weighted by molar-refractivity contribution is 6.32. The van der Waals surface area contributed by atoms with Crippen LogP contribution in [-0.4, -0.2) is 10.9 Å². The maximum Gasteiger partial charge on any atom is 0.274 e. The summed E-state index contributed by atoms with van der Waals surface area (Å²) in [5.41, 5.74) is 1.74. The van der Waals surface area contributed by atoms with Crippen LogP contribution in [0, 0.1) is 6.92 Å². The Labute approximate surface area is 115 Å². The van der Waals surface area contributed by atoms with Crippen LogP contribution < -0.4 is 5.32 Å². The Hall–Kier alpha value is -1.58.